The minimum Gasteiger partial charge on any atom is -0.466 e. The Morgan fingerprint density at radius 3 is 2.89 bits per heavy atom. The molecule has 100 valence electrons. The molecule has 18 heavy (non-hydrogen) atoms. The molecule has 0 amide bonds. The highest BCUT2D eigenvalue weighted by Crippen LogP contribution is 2.24. The second-order valence-electron chi connectivity index (χ2n) is 3.90. The van der Waals surface area contributed by atoms with Gasteiger partial charge >= 0.3 is 5.97 Å². The van der Waals surface area contributed by atoms with Crippen molar-refractivity contribution in [3.05, 3.63) is 35.8 Å². The number of allylic oxidation sites excluding steroid dienone is 1. The Kier molecular flexibility index (Phi) is 6.18. The summed E-state index contributed by atoms with van der Waals surface area (Å²) < 4.78 is 9.84. The zero-order valence-electron chi connectivity index (χ0n) is 10.6. The molecule has 1 aromatic rings. The molecule has 1 rings (SSSR count). The van der Waals surface area contributed by atoms with Crippen molar-refractivity contribution in [1.82, 2.24) is 0 Å². The van der Waals surface area contributed by atoms with Crippen LogP contribution in [0.5, 0.6) is 0 Å². The summed E-state index contributed by atoms with van der Waals surface area (Å²) in [7, 11) is 1.33. The smallest absolute Gasteiger partial charge is 0.330 e. The number of hydrogen-bond donors (Lipinski definition) is 1. The lowest BCUT2D eigenvalue weighted by atomic mass is 10.1. The molecule has 0 aliphatic heterocycles. The first-order valence-corrected chi connectivity index (χ1v) is 5.78. The average molecular weight is 254 g/mol. The van der Waals surface area contributed by atoms with Crippen molar-refractivity contribution in [3.8, 4) is 0 Å². The number of unbranched alkanes of at least 4 members (excludes halogenated alkanes) is 1. The molecular weight excluding hydrogens is 236 g/mol. The van der Waals surface area contributed by atoms with Crippen LogP contribution in [-0.2, 0) is 14.4 Å². The summed E-state index contributed by atoms with van der Waals surface area (Å²) in [6.07, 6.45) is 4.71. The molecule has 1 heterocycles. The van der Waals surface area contributed by atoms with Crippen LogP contribution in [0.4, 0.5) is 0 Å². The third kappa shape index (κ3) is 4.73. The number of furan rings is 1. The number of esters is 1. The summed E-state index contributed by atoms with van der Waals surface area (Å²) >= 11 is 0. The maximum atomic E-state index is 10.8. The second kappa shape index (κ2) is 7.68. The fraction of sp³-hybridized carbons (Fsp3) is 0.462. The molecule has 5 nitrogen and oxygen atoms in total. The van der Waals surface area contributed by atoms with E-state index in [4.69, 9.17) is 9.67 Å². The Hall–Kier alpha value is -1.59. The largest absolute Gasteiger partial charge is 0.466 e. The number of hydrogen-bond acceptors (Lipinski definition) is 5. The molecule has 0 aromatic carbocycles. The van der Waals surface area contributed by atoms with Crippen LogP contribution in [0.1, 0.15) is 36.9 Å². The summed E-state index contributed by atoms with van der Waals surface area (Å²) in [5.74, 6) is 1.01. The van der Waals surface area contributed by atoms with Crippen molar-refractivity contribution in [2.75, 3.05) is 7.11 Å². The summed E-state index contributed by atoms with van der Waals surface area (Å²) in [5, 5.41) is 8.82. The van der Waals surface area contributed by atoms with E-state index < -0.39 is 6.10 Å². The lowest BCUT2D eigenvalue weighted by Crippen LogP contribution is -2.00. The summed E-state index contributed by atoms with van der Waals surface area (Å²) in [4.78, 5) is 15.2. The van der Waals surface area contributed by atoms with Gasteiger partial charge in [-0.3, -0.25) is 5.26 Å². The van der Waals surface area contributed by atoms with Crippen LogP contribution in [0.25, 0.3) is 0 Å². The van der Waals surface area contributed by atoms with Gasteiger partial charge in [0.15, 0.2) is 6.10 Å². The maximum Gasteiger partial charge on any atom is 0.330 e. The minimum atomic E-state index is -0.467. The number of methoxy groups -OCH3 is 1. The minimum absolute atomic E-state index is 0.369. The van der Waals surface area contributed by atoms with Crippen LogP contribution in [0, 0.1) is 6.92 Å². The van der Waals surface area contributed by atoms with Gasteiger partial charge in [-0.25, -0.2) is 9.68 Å². The van der Waals surface area contributed by atoms with E-state index in [1.165, 1.54) is 13.2 Å². The standard InChI is InChI=1S/C13H18O5/c1-10-8-9-11(17-10)12(18-15)6-4-3-5-7-13(14)16-2/h5,7-9,12,15H,3-4,6H2,1-2H3/b7-5+. The van der Waals surface area contributed by atoms with Crippen molar-refractivity contribution in [3.63, 3.8) is 0 Å². The van der Waals surface area contributed by atoms with E-state index in [2.05, 4.69) is 9.62 Å². The van der Waals surface area contributed by atoms with Crippen LogP contribution >= 0.6 is 0 Å². The van der Waals surface area contributed by atoms with E-state index in [1.54, 1.807) is 12.1 Å². The molecule has 0 aliphatic rings. The van der Waals surface area contributed by atoms with Gasteiger partial charge in [-0.05, 0) is 38.3 Å². The second-order valence-corrected chi connectivity index (χ2v) is 3.90. The van der Waals surface area contributed by atoms with Gasteiger partial charge in [-0.2, -0.15) is 0 Å². The van der Waals surface area contributed by atoms with Crippen molar-refractivity contribution >= 4 is 5.97 Å². The Balaban J connectivity index is 2.32. The molecule has 0 saturated carbocycles. The van der Waals surface area contributed by atoms with E-state index in [0.717, 1.165) is 12.2 Å². The van der Waals surface area contributed by atoms with Crippen molar-refractivity contribution < 1.29 is 24.1 Å². The SMILES string of the molecule is COC(=O)/C=C/CCCC(OO)c1ccc(C)o1. The zero-order valence-corrected chi connectivity index (χ0v) is 10.6. The molecule has 0 radical (unpaired) electrons. The van der Waals surface area contributed by atoms with Crippen LogP contribution in [-0.4, -0.2) is 18.3 Å². The maximum absolute atomic E-state index is 10.8. The van der Waals surface area contributed by atoms with E-state index in [-0.39, 0.29) is 5.97 Å². The molecule has 0 saturated heterocycles. The fourth-order valence-corrected chi connectivity index (χ4v) is 1.54. The number of aryl methyl sites for hydroxylation is 1. The summed E-state index contributed by atoms with van der Waals surface area (Å²) in [6, 6.07) is 3.60. The van der Waals surface area contributed by atoms with Gasteiger partial charge in [0.1, 0.15) is 11.5 Å². The van der Waals surface area contributed by atoms with Crippen LogP contribution in [0.15, 0.2) is 28.7 Å². The van der Waals surface area contributed by atoms with Crippen molar-refractivity contribution in [1.29, 1.82) is 0 Å². The van der Waals surface area contributed by atoms with E-state index >= 15 is 0 Å². The lowest BCUT2D eigenvalue weighted by molar-refractivity contribution is -0.287. The molecule has 1 N–H and O–H groups in total. The highest BCUT2D eigenvalue weighted by molar-refractivity contribution is 5.81. The lowest BCUT2D eigenvalue weighted by Gasteiger charge is -2.09. The van der Waals surface area contributed by atoms with E-state index in [0.29, 0.717) is 18.6 Å². The third-order valence-corrected chi connectivity index (χ3v) is 2.50. The fourth-order valence-electron chi connectivity index (χ4n) is 1.54. The Morgan fingerprint density at radius 2 is 2.33 bits per heavy atom. The molecule has 0 bridgehead atoms. The third-order valence-electron chi connectivity index (χ3n) is 2.50. The molecule has 0 fully saturated rings. The highest BCUT2D eigenvalue weighted by atomic mass is 17.1. The Labute approximate surface area is 106 Å². The van der Waals surface area contributed by atoms with Crippen LogP contribution < -0.4 is 0 Å². The van der Waals surface area contributed by atoms with Crippen LogP contribution in [0.3, 0.4) is 0 Å². The van der Waals surface area contributed by atoms with Crippen molar-refractivity contribution in [2.45, 2.75) is 32.3 Å². The van der Waals surface area contributed by atoms with Gasteiger partial charge in [0, 0.05) is 6.08 Å². The molecular formula is C13H18O5. The van der Waals surface area contributed by atoms with Crippen LogP contribution in [0.2, 0.25) is 0 Å². The van der Waals surface area contributed by atoms with E-state index in [9.17, 15) is 4.79 Å². The molecule has 1 aromatic heterocycles. The molecule has 0 aliphatic carbocycles. The average Bonchev–Trinajstić information content (AvgIpc) is 2.80. The zero-order chi connectivity index (χ0) is 13.4. The van der Waals surface area contributed by atoms with Crippen molar-refractivity contribution in [2.24, 2.45) is 0 Å². The first kappa shape index (κ1) is 14.5. The van der Waals surface area contributed by atoms with Gasteiger partial charge in [-0.1, -0.05) is 6.08 Å². The first-order valence-electron chi connectivity index (χ1n) is 5.78. The quantitative estimate of drug-likeness (QED) is 0.266. The molecule has 0 spiro atoms. The number of carbonyl (C=O) groups is 1. The van der Waals surface area contributed by atoms with Gasteiger partial charge in [-0.15, -0.1) is 0 Å². The monoisotopic (exact) mass is 254 g/mol. The topological polar surface area (TPSA) is 68.9 Å². The molecule has 5 heteroatoms. The number of ether oxygens (including phenoxy) is 1. The van der Waals surface area contributed by atoms with E-state index in [1.807, 2.05) is 13.0 Å². The summed E-state index contributed by atoms with van der Waals surface area (Å²) in [6.45, 7) is 1.83. The normalized spacial score (nSPS) is 12.8. The molecule has 1 unspecified atom stereocenters. The van der Waals surface area contributed by atoms with Gasteiger partial charge in [0.2, 0.25) is 0 Å². The predicted octanol–water partition coefficient (Wildman–Crippen LogP) is 3.02. The Bertz CT molecular complexity index is 394. The van der Waals surface area contributed by atoms with Gasteiger partial charge in [0.05, 0.1) is 7.11 Å². The highest BCUT2D eigenvalue weighted by Gasteiger charge is 2.15. The van der Waals surface area contributed by atoms with Gasteiger partial charge in [0.25, 0.3) is 0 Å². The number of carbonyl (C=O) groups excluding carboxylic acids is 1. The summed E-state index contributed by atoms with van der Waals surface area (Å²) in [5.41, 5.74) is 0. The van der Waals surface area contributed by atoms with Gasteiger partial charge < -0.3 is 9.15 Å². The first-order chi connectivity index (χ1) is 8.67. The number of rotatable bonds is 7. The molecule has 1 atom stereocenters. The predicted molar refractivity (Wildman–Crippen MR) is 64.9 cm³/mol. The Morgan fingerprint density at radius 1 is 1.56 bits per heavy atom.